The van der Waals surface area contributed by atoms with Crippen LogP contribution < -0.4 is 5.32 Å². The summed E-state index contributed by atoms with van der Waals surface area (Å²) in [6.45, 7) is 4.72. The highest BCUT2D eigenvalue weighted by Crippen LogP contribution is 2.25. The van der Waals surface area contributed by atoms with Crippen molar-refractivity contribution in [2.45, 2.75) is 24.8 Å². The maximum Gasteiger partial charge on any atom is 0.244 e. The highest BCUT2D eigenvalue weighted by molar-refractivity contribution is 7.89. The van der Waals surface area contributed by atoms with E-state index in [-0.39, 0.29) is 34.7 Å². The summed E-state index contributed by atoms with van der Waals surface area (Å²) in [6.07, 6.45) is 0. The smallest absolute Gasteiger partial charge is 0.244 e. The van der Waals surface area contributed by atoms with Crippen LogP contribution in [0.1, 0.15) is 12.5 Å². The number of hydrogen-bond acceptors (Lipinski definition) is 4. The van der Waals surface area contributed by atoms with Gasteiger partial charge in [0.2, 0.25) is 15.9 Å². The van der Waals surface area contributed by atoms with E-state index in [2.05, 4.69) is 5.32 Å². The molecule has 0 bridgehead atoms. The number of piperazine rings is 1. The van der Waals surface area contributed by atoms with Gasteiger partial charge in [-0.05, 0) is 43.7 Å². The molecular weight excluding hydrogens is 417 g/mol. The van der Waals surface area contributed by atoms with Gasteiger partial charge in [0.1, 0.15) is 10.7 Å². The fourth-order valence-electron chi connectivity index (χ4n) is 3.21. The number of amides is 1. The lowest BCUT2D eigenvalue weighted by atomic mass is 10.2. The van der Waals surface area contributed by atoms with Gasteiger partial charge in [-0.1, -0.05) is 29.8 Å². The van der Waals surface area contributed by atoms with Gasteiger partial charge >= 0.3 is 0 Å². The van der Waals surface area contributed by atoms with E-state index in [9.17, 15) is 17.6 Å². The Balaban J connectivity index is 1.61. The third-order valence-corrected chi connectivity index (χ3v) is 7.49. The number of anilines is 1. The lowest BCUT2D eigenvalue weighted by Crippen LogP contribution is -2.53. The number of sulfonamides is 1. The number of carbonyl (C=O) groups is 1. The number of carbonyl (C=O) groups excluding carboxylic acids is 1. The lowest BCUT2D eigenvalue weighted by molar-refractivity contribution is -0.121. The Morgan fingerprint density at radius 1 is 1.14 bits per heavy atom. The molecule has 2 aromatic rings. The quantitative estimate of drug-likeness (QED) is 0.777. The van der Waals surface area contributed by atoms with Crippen molar-refractivity contribution >= 4 is 33.2 Å². The average Bonchev–Trinajstić information content (AvgIpc) is 2.70. The molecule has 0 spiro atoms. The van der Waals surface area contributed by atoms with Crippen LogP contribution in [-0.4, -0.2) is 55.8 Å². The van der Waals surface area contributed by atoms with E-state index < -0.39 is 16.1 Å². The molecule has 2 aromatic carbocycles. The molecule has 6 nitrogen and oxygen atoms in total. The molecule has 1 saturated heterocycles. The van der Waals surface area contributed by atoms with Crippen molar-refractivity contribution < 1.29 is 17.6 Å². The van der Waals surface area contributed by atoms with Gasteiger partial charge in [0, 0.05) is 31.9 Å². The molecule has 1 fully saturated rings. The second-order valence-corrected chi connectivity index (χ2v) is 9.31. The first-order chi connectivity index (χ1) is 13.7. The Morgan fingerprint density at radius 3 is 2.41 bits per heavy atom. The highest BCUT2D eigenvalue weighted by atomic mass is 35.5. The zero-order valence-corrected chi connectivity index (χ0v) is 17.8. The predicted molar refractivity (Wildman–Crippen MR) is 111 cm³/mol. The lowest BCUT2D eigenvalue weighted by Gasteiger charge is -2.36. The van der Waals surface area contributed by atoms with Gasteiger partial charge in [-0.3, -0.25) is 9.69 Å². The van der Waals surface area contributed by atoms with Crippen LogP contribution in [0, 0.1) is 12.7 Å². The Labute approximate surface area is 175 Å². The van der Waals surface area contributed by atoms with Crippen molar-refractivity contribution in [2.24, 2.45) is 0 Å². The van der Waals surface area contributed by atoms with E-state index in [1.54, 1.807) is 44.2 Å². The Morgan fingerprint density at radius 2 is 1.79 bits per heavy atom. The maximum atomic E-state index is 13.7. The van der Waals surface area contributed by atoms with Gasteiger partial charge < -0.3 is 5.32 Å². The van der Waals surface area contributed by atoms with Crippen LogP contribution in [0.5, 0.6) is 0 Å². The summed E-state index contributed by atoms with van der Waals surface area (Å²) in [5, 5.41) is 2.90. The van der Waals surface area contributed by atoms with E-state index in [0.717, 1.165) is 0 Å². The summed E-state index contributed by atoms with van der Waals surface area (Å²) in [5.41, 5.74) is 0.900. The minimum Gasteiger partial charge on any atom is -0.325 e. The Bertz CT molecular complexity index is 1010. The summed E-state index contributed by atoms with van der Waals surface area (Å²) in [4.78, 5) is 14.5. The molecule has 156 valence electrons. The van der Waals surface area contributed by atoms with Crippen molar-refractivity contribution in [2.75, 3.05) is 31.5 Å². The van der Waals surface area contributed by atoms with E-state index in [1.807, 2.05) is 4.90 Å². The van der Waals surface area contributed by atoms with Gasteiger partial charge in [0.25, 0.3) is 0 Å². The molecule has 1 aliphatic heterocycles. The monoisotopic (exact) mass is 439 g/mol. The van der Waals surface area contributed by atoms with Crippen molar-refractivity contribution in [1.82, 2.24) is 9.21 Å². The normalized spacial score (nSPS) is 17.1. The van der Waals surface area contributed by atoms with Crippen LogP contribution in [0.3, 0.4) is 0 Å². The van der Waals surface area contributed by atoms with Crippen LogP contribution >= 0.6 is 11.6 Å². The first kappa shape index (κ1) is 21.7. The summed E-state index contributed by atoms with van der Waals surface area (Å²) >= 11 is 6.05. The minimum absolute atomic E-state index is 0.0855. The fraction of sp³-hybridized carbons (Fsp3) is 0.350. The molecule has 0 aromatic heterocycles. The van der Waals surface area contributed by atoms with Crippen LogP contribution in [0.15, 0.2) is 47.4 Å². The Kier molecular flexibility index (Phi) is 6.58. The van der Waals surface area contributed by atoms with E-state index in [1.165, 1.54) is 16.4 Å². The van der Waals surface area contributed by atoms with E-state index in [4.69, 9.17) is 11.6 Å². The molecule has 29 heavy (non-hydrogen) atoms. The van der Waals surface area contributed by atoms with E-state index >= 15 is 0 Å². The topological polar surface area (TPSA) is 69.7 Å². The van der Waals surface area contributed by atoms with Crippen LogP contribution in [-0.2, 0) is 14.8 Å². The molecule has 3 rings (SSSR count). The fourth-order valence-corrected chi connectivity index (χ4v) is 5.12. The zero-order valence-electron chi connectivity index (χ0n) is 16.2. The highest BCUT2D eigenvalue weighted by Gasteiger charge is 2.32. The third-order valence-electron chi connectivity index (χ3n) is 5.09. The maximum absolute atomic E-state index is 13.7. The molecule has 1 atom stereocenters. The molecular formula is C20H23ClFN3O3S. The first-order valence-corrected chi connectivity index (χ1v) is 11.1. The second kappa shape index (κ2) is 8.79. The van der Waals surface area contributed by atoms with Crippen LogP contribution in [0.2, 0.25) is 5.02 Å². The molecule has 0 radical (unpaired) electrons. The minimum atomic E-state index is -3.69. The number of rotatable bonds is 5. The van der Waals surface area contributed by atoms with Gasteiger partial charge in [0.15, 0.2) is 0 Å². The number of aryl methyl sites for hydroxylation is 1. The number of hydrogen-bond donors (Lipinski definition) is 1. The van der Waals surface area contributed by atoms with Crippen molar-refractivity contribution in [3.8, 4) is 0 Å². The SMILES string of the molecule is Cc1ccc(NC(=O)C(C)N2CCN(S(=O)(=O)c3ccccc3Cl)CC2)cc1F. The van der Waals surface area contributed by atoms with Crippen LogP contribution in [0.4, 0.5) is 10.1 Å². The molecule has 1 unspecified atom stereocenters. The molecule has 1 N–H and O–H groups in total. The van der Waals surface area contributed by atoms with Crippen molar-refractivity contribution in [1.29, 1.82) is 0 Å². The number of benzene rings is 2. The summed E-state index contributed by atoms with van der Waals surface area (Å²) in [5.74, 6) is -0.649. The molecule has 0 saturated carbocycles. The van der Waals surface area contributed by atoms with Gasteiger partial charge in [0.05, 0.1) is 11.1 Å². The number of nitrogens with zero attached hydrogens (tertiary/aromatic N) is 2. The van der Waals surface area contributed by atoms with Gasteiger partial charge in [-0.25, -0.2) is 12.8 Å². The largest absolute Gasteiger partial charge is 0.325 e. The Hall–Kier alpha value is -2.00. The third kappa shape index (κ3) is 4.78. The number of nitrogens with one attached hydrogen (secondary N) is 1. The molecule has 1 aliphatic rings. The first-order valence-electron chi connectivity index (χ1n) is 9.26. The summed E-state index contributed by atoms with van der Waals surface area (Å²) < 4.78 is 40.7. The summed E-state index contributed by atoms with van der Waals surface area (Å²) in [6, 6.07) is 10.4. The molecule has 0 aliphatic carbocycles. The number of halogens is 2. The van der Waals surface area contributed by atoms with E-state index in [0.29, 0.717) is 24.3 Å². The molecule has 9 heteroatoms. The van der Waals surface area contributed by atoms with Crippen molar-refractivity contribution in [3.63, 3.8) is 0 Å². The van der Waals surface area contributed by atoms with Gasteiger partial charge in [-0.2, -0.15) is 4.31 Å². The second-order valence-electron chi connectivity index (χ2n) is 7.00. The zero-order chi connectivity index (χ0) is 21.2. The standard InChI is InChI=1S/C20H23ClFN3O3S/c1-14-7-8-16(13-18(14)22)23-20(26)15(2)24-9-11-25(12-10-24)29(27,28)19-6-4-3-5-17(19)21/h3-8,13,15H,9-12H2,1-2H3,(H,23,26). The average molecular weight is 440 g/mol. The molecule has 1 heterocycles. The van der Waals surface area contributed by atoms with Crippen LogP contribution in [0.25, 0.3) is 0 Å². The van der Waals surface area contributed by atoms with Gasteiger partial charge in [-0.15, -0.1) is 0 Å². The molecule has 1 amide bonds. The predicted octanol–water partition coefficient (Wildman–Crippen LogP) is 3.12. The summed E-state index contributed by atoms with van der Waals surface area (Å²) in [7, 11) is -3.69. The van der Waals surface area contributed by atoms with Crippen molar-refractivity contribution in [3.05, 3.63) is 58.9 Å².